The molecular formula is C13H21NO3S2. The second kappa shape index (κ2) is 5.52. The van der Waals surface area contributed by atoms with Gasteiger partial charge in [0.15, 0.2) is 0 Å². The van der Waals surface area contributed by atoms with Crippen LogP contribution in [0.2, 0.25) is 0 Å². The highest BCUT2D eigenvalue weighted by atomic mass is 32.2. The second-order valence-electron chi connectivity index (χ2n) is 5.26. The van der Waals surface area contributed by atoms with Gasteiger partial charge in [-0.05, 0) is 39.7 Å². The number of hydrogen-bond donors (Lipinski definition) is 1. The third-order valence-electron chi connectivity index (χ3n) is 3.75. The van der Waals surface area contributed by atoms with E-state index in [1.54, 1.807) is 17.3 Å². The Kier molecular flexibility index (Phi) is 4.35. The number of sulfonamides is 1. The zero-order chi connectivity index (χ0) is 14.2. The molecule has 1 fully saturated rings. The molecule has 1 N–H and O–H groups in total. The lowest BCUT2D eigenvalue weighted by atomic mass is 10.0. The van der Waals surface area contributed by atoms with Gasteiger partial charge in [0.25, 0.3) is 0 Å². The van der Waals surface area contributed by atoms with Crippen molar-refractivity contribution in [3.05, 3.63) is 15.8 Å². The van der Waals surface area contributed by atoms with E-state index in [9.17, 15) is 8.42 Å². The molecule has 1 aliphatic heterocycles. The monoisotopic (exact) mass is 303 g/mol. The van der Waals surface area contributed by atoms with Crippen LogP contribution in [0.5, 0.6) is 0 Å². The summed E-state index contributed by atoms with van der Waals surface area (Å²) in [5.74, 6) is 0. The first-order chi connectivity index (χ1) is 8.87. The summed E-state index contributed by atoms with van der Waals surface area (Å²) in [6.45, 7) is 5.64. The number of aliphatic hydroxyl groups excluding tert-OH is 1. The SMILES string of the molecule is Cc1sc(CO)cc1S(=O)(=O)N1C(C)CCCC1C. The van der Waals surface area contributed by atoms with E-state index in [1.807, 2.05) is 13.8 Å². The normalized spacial score (nSPS) is 25.7. The Labute approximate surface area is 119 Å². The van der Waals surface area contributed by atoms with E-state index in [4.69, 9.17) is 5.11 Å². The zero-order valence-corrected chi connectivity index (χ0v) is 13.2. The van der Waals surface area contributed by atoms with Crippen LogP contribution in [0.25, 0.3) is 0 Å². The van der Waals surface area contributed by atoms with Crippen LogP contribution in [0, 0.1) is 6.92 Å². The molecule has 2 rings (SSSR count). The van der Waals surface area contributed by atoms with Crippen LogP contribution in [0.15, 0.2) is 11.0 Å². The number of rotatable bonds is 3. The largest absolute Gasteiger partial charge is 0.391 e. The van der Waals surface area contributed by atoms with Crippen LogP contribution in [0.3, 0.4) is 0 Å². The molecule has 0 aliphatic carbocycles. The molecule has 0 bridgehead atoms. The zero-order valence-electron chi connectivity index (χ0n) is 11.6. The molecule has 2 unspecified atom stereocenters. The van der Waals surface area contributed by atoms with Gasteiger partial charge in [-0.1, -0.05) is 6.42 Å². The van der Waals surface area contributed by atoms with Gasteiger partial charge in [-0.3, -0.25) is 0 Å². The minimum atomic E-state index is -3.45. The number of piperidine rings is 1. The Hall–Kier alpha value is -0.430. The van der Waals surface area contributed by atoms with E-state index in [1.165, 1.54) is 11.3 Å². The highest BCUT2D eigenvalue weighted by Gasteiger charge is 2.36. The average Bonchev–Trinajstić information content (AvgIpc) is 2.70. The fourth-order valence-electron chi connectivity index (χ4n) is 2.84. The van der Waals surface area contributed by atoms with Crippen molar-refractivity contribution >= 4 is 21.4 Å². The quantitative estimate of drug-likeness (QED) is 0.933. The van der Waals surface area contributed by atoms with Crippen LogP contribution in [0.4, 0.5) is 0 Å². The van der Waals surface area contributed by atoms with E-state index in [0.29, 0.717) is 9.77 Å². The van der Waals surface area contributed by atoms with Crippen molar-refractivity contribution in [2.45, 2.75) is 63.6 Å². The third-order valence-corrected chi connectivity index (χ3v) is 7.17. The van der Waals surface area contributed by atoms with Crippen LogP contribution in [-0.4, -0.2) is 29.9 Å². The summed E-state index contributed by atoms with van der Waals surface area (Å²) in [5, 5.41) is 9.16. The summed E-state index contributed by atoms with van der Waals surface area (Å²) >= 11 is 1.35. The maximum Gasteiger partial charge on any atom is 0.244 e. The van der Waals surface area contributed by atoms with E-state index in [2.05, 4.69) is 0 Å². The van der Waals surface area contributed by atoms with Crippen molar-refractivity contribution in [3.8, 4) is 0 Å². The third kappa shape index (κ3) is 2.72. The summed E-state index contributed by atoms with van der Waals surface area (Å²) in [4.78, 5) is 1.82. The molecule has 1 aliphatic rings. The van der Waals surface area contributed by atoms with Crippen LogP contribution >= 0.6 is 11.3 Å². The molecule has 0 spiro atoms. The lowest BCUT2D eigenvalue weighted by Gasteiger charge is -2.37. The lowest BCUT2D eigenvalue weighted by molar-refractivity contribution is 0.204. The first-order valence-electron chi connectivity index (χ1n) is 6.61. The molecular weight excluding hydrogens is 282 g/mol. The average molecular weight is 303 g/mol. The first kappa shape index (κ1) is 15.0. The maximum atomic E-state index is 12.8. The Morgan fingerprint density at radius 2 is 1.95 bits per heavy atom. The molecule has 108 valence electrons. The summed E-state index contributed by atoms with van der Waals surface area (Å²) in [5.41, 5.74) is 0. The number of thiophene rings is 1. The van der Waals surface area contributed by atoms with Gasteiger partial charge in [-0.2, -0.15) is 4.31 Å². The van der Waals surface area contributed by atoms with Gasteiger partial charge >= 0.3 is 0 Å². The fourth-order valence-corrected chi connectivity index (χ4v) is 6.19. The molecule has 0 aromatic carbocycles. The highest BCUT2D eigenvalue weighted by molar-refractivity contribution is 7.89. The van der Waals surface area contributed by atoms with Crippen molar-refractivity contribution in [3.63, 3.8) is 0 Å². The number of hydrogen-bond acceptors (Lipinski definition) is 4. The lowest BCUT2D eigenvalue weighted by Crippen LogP contribution is -2.47. The smallest absolute Gasteiger partial charge is 0.244 e. The van der Waals surface area contributed by atoms with Gasteiger partial charge < -0.3 is 5.11 Å². The highest BCUT2D eigenvalue weighted by Crippen LogP contribution is 2.33. The van der Waals surface area contributed by atoms with Crippen molar-refractivity contribution in [2.24, 2.45) is 0 Å². The fraction of sp³-hybridized carbons (Fsp3) is 0.692. The molecule has 0 amide bonds. The van der Waals surface area contributed by atoms with Gasteiger partial charge in [0.05, 0.1) is 11.5 Å². The molecule has 1 saturated heterocycles. The second-order valence-corrected chi connectivity index (χ2v) is 8.41. The summed E-state index contributed by atoms with van der Waals surface area (Å²) in [7, 11) is -3.45. The first-order valence-corrected chi connectivity index (χ1v) is 8.87. The minimum absolute atomic E-state index is 0.0469. The van der Waals surface area contributed by atoms with Crippen LogP contribution < -0.4 is 0 Å². The number of nitrogens with zero attached hydrogens (tertiary/aromatic N) is 1. The molecule has 1 aromatic rings. The van der Waals surface area contributed by atoms with Gasteiger partial charge in [-0.25, -0.2) is 8.42 Å². The van der Waals surface area contributed by atoms with E-state index in [0.717, 1.165) is 24.1 Å². The molecule has 6 heteroatoms. The van der Waals surface area contributed by atoms with Gasteiger partial charge in [-0.15, -0.1) is 11.3 Å². The Morgan fingerprint density at radius 1 is 1.37 bits per heavy atom. The van der Waals surface area contributed by atoms with E-state index < -0.39 is 10.0 Å². The van der Waals surface area contributed by atoms with Crippen molar-refractivity contribution < 1.29 is 13.5 Å². The molecule has 1 aromatic heterocycles. The standard InChI is InChI=1S/C13H21NO3S2/c1-9-5-4-6-10(2)14(9)19(16,17)13-7-12(8-15)18-11(13)3/h7,9-10,15H,4-6,8H2,1-3H3. The van der Waals surface area contributed by atoms with E-state index >= 15 is 0 Å². The Bertz CT molecular complexity index is 540. The topological polar surface area (TPSA) is 57.6 Å². The maximum absolute atomic E-state index is 12.8. The summed E-state index contributed by atoms with van der Waals surface area (Å²) < 4.78 is 27.3. The van der Waals surface area contributed by atoms with Gasteiger partial charge in [0.1, 0.15) is 0 Å². The molecule has 19 heavy (non-hydrogen) atoms. The van der Waals surface area contributed by atoms with Crippen molar-refractivity contribution in [1.29, 1.82) is 0 Å². The molecule has 2 atom stereocenters. The molecule has 0 radical (unpaired) electrons. The Balaban J connectivity index is 2.43. The van der Waals surface area contributed by atoms with Gasteiger partial charge in [0, 0.05) is 21.8 Å². The number of aryl methyl sites for hydroxylation is 1. The minimum Gasteiger partial charge on any atom is -0.391 e. The number of aliphatic hydroxyl groups is 1. The molecule has 0 saturated carbocycles. The summed E-state index contributed by atoms with van der Waals surface area (Å²) in [6, 6.07) is 1.71. The predicted molar refractivity (Wildman–Crippen MR) is 76.8 cm³/mol. The molecule has 4 nitrogen and oxygen atoms in total. The molecule has 2 heterocycles. The van der Waals surface area contributed by atoms with E-state index in [-0.39, 0.29) is 18.7 Å². The van der Waals surface area contributed by atoms with Crippen molar-refractivity contribution in [2.75, 3.05) is 0 Å². The van der Waals surface area contributed by atoms with Crippen molar-refractivity contribution in [1.82, 2.24) is 4.31 Å². The predicted octanol–water partition coefficient (Wildman–Crippen LogP) is 2.50. The Morgan fingerprint density at radius 3 is 2.42 bits per heavy atom. The van der Waals surface area contributed by atoms with Gasteiger partial charge in [0.2, 0.25) is 10.0 Å². The van der Waals surface area contributed by atoms with Crippen LogP contribution in [0.1, 0.15) is 42.9 Å². The van der Waals surface area contributed by atoms with Crippen LogP contribution in [-0.2, 0) is 16.6 Å². The summed E-state index contributed by atoms with van der Waals surface area (Å²) in [6.07, 6.45) is 2.91.